The third kappa shape index (κ3) is 3.45. The van der Waals surface area contributed by atoms with E-state index in [-0.39, 0.29) is 11.9 Å². The van der Waals surface area contributed by atoms with Crippen molar-refractivity contribution < 1.29 is 4.79 Å². The summed E-state index contributed by atoms with van der Waals surface area (Å²) < 4.78 is 0. The van der Waals surface area contributed by atoms with Crippen LogP contribution in [0.15, 0.2) is 48.5 Å². The van der Waals surface area contributed by atoms with E-state index in [9.17, 15) is 4.79 Å². The molecule has 0 spiro atoms. The molecule has 21 heavy (non-hydrogen) atoms. The van der Waals surface area contributed by atoms with Gasteiger partial charge in [-0.25, -0.2) is 0 Å². The van der Waals surface area contributed by atoms with Crippen molar-refractivity contribution in [2.45, 2.75) is 25.8 Å². The zero-order chi connectivity index (χ0) is 14.8. The number of rotatable bonds is 4. The summed E-state index contributed by atoms with van der Waals surface area (Å²) in [6, 6.07) is 15.5. The van der Waals surface area contributed by atoms with Crippen LogP contribution in [0.3, 0.4) is 0 Å². The fraction of sp³-hybridized carbons (Fsp3) is 0.278. The Morgan fingerprint density at radius 1 is 1.10 bits per heavy atom. The van der Waals surface area contributed by atoms with Crippen LogP contribution in [0.5, 0.6) is 0 Å². The first kappa shape index (κ1) is 14.2. The Morgan fingerprint density at radius 3 is 2.29 bits per heavy atom. The van der Waals surface area contributed by atoms with Gasteiger partial charge in [-0.3, -0.25) is 4.79 Å². The van der Waals surface area contributed by atoms with Gasteiger partial charge in [-0.1, -0.05) is 41.4 Å². The quantitative estimate of drug-likeness (QED) is 0.883. The van der Waals surface area contributed by atoms with E-state index in [2.05, 4.69) is 5.32 Å². The summed E-state index contributed by atoms with van der Waals surface area (Å²) >= 11 is 5.94. The van der Waals surface area contributed by atoms with Crippen LogP contribution in [-0.4, -0.2) is 5.91 Å². The van der Waals surface area contributed by atoms with E-state index in [0.717, 1.165) is 16.1 Å². The van der Waals surface area contributed by atoms with Gasteiger partial charge in [-0.2, -0.15) is 0 Å². The lowest BCUT2D eigenvalue weighted by Gasteiger charge is -2.19. The highest BCUT2D eigenvalue weighted by atomic mass is 35.5. The molecule has 1 N–H and O–H groups in total. The molecule has 1 aliphatic carbocycles. The van der Waals surface area contributed by atoms with Gasteiger partial charge in [0.1, 0.15) is 0 Å². The van der Waals surface area contributed by atoms with E-state index in [0.29, 0.717) is 11.5 Å². The molecule has 0 saturated heterocycles. The van der Waals surface area contributed by atoms with Crippen molar-refractivity contribution in [3.8, 4) is 0 Å². The number of halogens is 1. The first-order chi connectivity index (χ1) is 10.1. The van der Waals surface area contributed by atoms with E-state index in [1.807, 2.05) is 55.5 Å². The average molecular weight is 300 g/mol. The zero-order valence-corrected chi connectivity index (χ0v) is 12.7. The Hall–Kier alpha value is -1.80. The maximum atomic E-state index is 12.4. The summed E-state index contributed by atoms with van der Waals surface area (Å²) in [5, 5.41) is 3.89. The monoisotopic (exact) mass is 299 g/mol. The largest absolute Gasteiger partial charge is 0.345 e. The molecule has 2 aromatic carbocycles. The Kier molecular flexibility index (Phi) is 3.98. The van der Waals surface area contributed by atoms with Crippen molar-refractivity contribution >= 4 is 17.5 Å². The second-order valence-corrected chi connectivity index (χ2v) is 6.14. The van der Waals surface area contributed by atoms with Gasteiger partial charge >= 0.3 is 0 Å². The molecule has 0 heterocycles. The normalized spacial score (nSPS) is 15.5. The number of hydrogen-bond donors (Lipinski definition) is 1. The lowest BCUT2D eigenvalue weighted by molar-refractivity contribution is 0.0931. The fourth-order valence-corrected chi connectivity index (χ4v) is 2.63. The lowest BCUT2D eigenvalue weighted by Crippen LogP contribution is -2.29. The van der Waals surface area contributed by atoms with E-state index in [4.69, 9.17) is 11.6 Å². The molecule has 1 unspecified atom stereocenters. The van der Waals surface area contributed by atoms with Crippen LogP contribution in [0.4, 0.5) is 0 Å². The smallest absolute Gasteiger partial charge is 0.251 e. The molecule has 3 rings (SSSR count). The molecule has 0 radical (unpaired) electrons. The zero-order valence-electron chi connectivity index (χ0n) is 12.0. The predicted molar refractivity (Wildman–Crippen MR) is 85.6 cm³/mol. The molecule has 2 aromatic rings. The summed E-state index contributed by atoms with van der Waals surface area (Å²) in [4.78, 5) is 12.4. The second kappa shape index (κ2) is 5.90. The fourth-order valence-electron chi connectivity index (χ4n) is 2.50. The molecule has 2 nitrogen and oxygen atoms in total. The molecule has 1 aliphatic rings. The number of carbonyl (C=O) groups excluding carboxylic acids is 1. The van der Waals surface area contributed by atoms with Crippen LogP contribution in [0.25, 0.3) is 0 Å². The highest BCUT2D eigenvalue weighted by Crippen LogP contribution is 2.41. The van der Waals surface area contributed by atoms with Crippen molar-refractivity contribution in [1.29, 1.82) is 0 Å². The number of hydrogen-bond acceptors (Lipinski definition) is 1. The minimum Gasteiger partial charge on any atom is -0.345 e. The summed E-state index contributed by atoms with van der Waals surface area (Å²) in [7, 11) is 0. The van der Waals surface area contributed by atoms with Crippen LogP contribution < -0.4 is 5.32 Å². The van der Waals surface area contributed by atoms with Crippen molar-refractivity contribution in [1.82, 2.24) is 5.32 Å². The van der Waals surface area contributed by atoms with E-state index in [1.165, 1.54) is 12.8 Å². The summed E-state index contributed by atoms with van der Waals surface area (Å²) in [5.74, 6) is 0.530. The minimum atomic E-state index is -0.0122. The maximum Gasteiger partial charge on any atom is 0.251 e. The Balaban J connectivity index is 1.77. The molecule has 3 heteroatoms. The number of carbonyl (C=O) groups is 1. The Bertz CT molecular complexity index is 629. The molecule has 0 aliphatic heterocycles. The first-order valence-corrected chi connectivity index (χ1v) is 7.64. The van der Waals surface area contributed by atoms with Crippen LogP contribution in [-0.2, 0) is 0 Å². The highest BCUT2D eigenvalue weighted by molar-refractivity contribution is 6.30. The molecular formula is C18H18ClNO. The number of amides is 1. The van der Waals surface area contributed by atoms with Gasteiger partial charge in [0.2, 0.25) is 0 Å². The second-order valence-electron chi connectivity index (χ2n) is 5.71. The minimum absolute atomic E-state index is 0.0122. The van der Waals surface area contributed by atoms with Crippen LogP contribution in [0.2, 0.25) is 5.02 Å². The van der Waals surface area contributed by atoms with Crippen molar-refractivity contribution in [3.63, 3.8) is 0 Å². The first-order valence-electron chi connectivity index (χ1n) is 7.26. The van der Waals surface area contributed by atoms with Crippen LogP contribution in [0.1, 0.15) is 40.4 Å². The maximum absolute atomic E-state index is 12.4. The molecule has 1 saturated carbocycles. The third-order valence-corrected chi connectivity index (χ3v) is 4.17. The molecule has 0 bridgehead atoms. The SMILES string of the molecule is Cc1ccc(C(=O)NC(c2ccc(Cl)cc2)C2CC2)cc1. The van der Waals surface area contributed by atoms with Crippen LogP contribution in [0, 0.1) is 12.8 Å². The van der Waals surface area contributed by atoms with Crippen molar-refractivity contribution in [3.05, 3.63) is 70.2 Å². The van der Waals surface area contributed by atoms with E-state index in [1.54, 1.807) is 0 Å². The van der Waals surface area contributed by atoms with E-state index >= 15 is 0 Å². The molecule has 1 amide bonds. The average Bonchev–Trinajstić information content (AvgIpc) is 3.31. The number of benzene rings is 2. The molecule has 1 fully saturated rings. The summed E-state index contributed by atoms with van der Waals surface area (Å²) in [6.07, 6.45) is 2.34. The van der Waals surface area contributed by atoms with Crippen molar-refractivity contribution in [2.75, 3.05) is 0 Å². The molecular weight excluding hydrogens is 282 g/mol. The molecule has 0 aromatic heterocycles. The lowest BCUT2D eigenvalue weighted by atomic mass is 10.0. The summed E-state index contributed by atoms with van der Waals surface area (Å²) in [5.41, 5.74) is 2.99. The van der Waals surface area contributed by atoms with Gasteiger partial charge in [-0.05, 0) is 55.5 Å². The van der Waals surface area contributed by atoms with Gasteiger partial charge < -0.3 is 5.32 Å². The number of nitrogens with one attached hydrogen (secondary N) is 1. The number of aryl methyl sites for hydroxylation is 1. The van der Waals surface area contributed by atoms with E-state index < -0.39 is 0 Å². The van der Waals surface area contributed by atoms with Gasteiger partial charge in [0, 0.05) is 10.6 Å². The topological polar surface area (TPSA) is 29.1 Å². The van der Waals surface area contributed by atoms with Gasteiger partial charge in [0.15, 0.2) is 0 Å². The van der Waals surface area contributed by atoms with Gasteiger partial charge in [0.25, 0.3) is 5.91 Å². The highest BCUT2D eigenvalue weighted by Gasteiger charge is 2.33. The Labute approximate surface area is 130 Å². The van der Waals surface area contributed by atoms with Crippen molar-refractivity contribution in [2.24, 2.45) is 5.92 Å². The van der Waals surface area contributed by atoms with Crippen LogP contribution >= 0.6 is 11.6 Å². The predicted octanol–water partition coefficient (Wildman–Crippen LogP) is 4.53. The Morgan fingerprint density at radius 2 is 1.71 bits per heavy atom. The molecule has 108 valence electrons. The summed E-state index contributed by atoms with van der Waals surface area (Å²) in [6.45, 7) is 2.02. The van der Waals surface area contributed by atoms with Gasteiger partial charge in [0.05, 0.1) is 6.04 Å². The van der Waals surface area contributed by atoms with Gasteiger partial charge in [-0.15, -0.1) is 0 Å². The standard InChI is InChI=1S/C18H18ClNO/c1-12-2-4-15(5-3-12)18(21)20-17(13-6-7-13)14-8-10-16(19)11-9-14/h2-5,8-11,13,17H,6-7H2,1H3,(H,20,21). The third-order valence-electron chi connectivity index (χ3n) is 3.92. The molecule has 1 atom stereocenters.